The SMILES string of the molecule is CCOC(=O)Cc1c(OC)cccc1OC(C)OCC.CCOC(C)Oc1cccc(OC)c1CCO.CCOC(C)Oc1cccc(OC)c1CCOC(=O)c1ccccc1.COc1cccc(O)c1CCOC(=O)c1ccccc1. The molecule has 446 valence electrons. The van der Waals surface area contributed by atoms with Crippen LogP contribution in [0.5, 0.6) is 46.0 Å². The zero-order chi connectivity index (χ0) is 60.1. The lowest BCUT2D eigenvalue weighted by Gasteiger charge is -2.19. The van der Waals surface area contributed by atoms with Crippen LogP contribution in [0.2, 0.25) is 0 Å². The summed E-state index contributed by atoms with van der Waals surface area (Å²) in [4.78, 5) is 35.5. The number of ether oxygens (including phenoxy) is 13. The van der Waals surface area contributed by atoms with E-state index in [0.717, 1.165) is 16.9 Å². The molecule has 6 rings (SSSR count). The van der Waals surface area contributed by atoms with Gasteiger partial charge in [0.25, 0.3) is 0 Å². The van der Waals surface area contributed by atoms with Crippen molar-refractivity contribution in [2.45, 2.75) is 93.0 Å². The molecule has 0 saturated heterocycles. The molecule has 0 radical (unpaired) electrons. The number of methoxy groups -OCH3 is 4. The second kappa shape index (κ2) is 39.4. The number of hydrogen-bond donors (Lipinski definition) is 2. The molecule has 18 nitrogen and oxygen atoms in total. The summed E-state index contributed by atoms with van der Waals surface area (Å²) >= 11 is 0. The van der Waals surface area contributed by atoms with Crippen LogP contribution in [0.15, 0.2) is 133 Å². The number of rotatable bonds is 29. The number of aliphatic hydroxyl groups excluding tert-OH is 1. The molecule has 2 N–H and O–H groups in total. The van der Waals surface area contributed by atoms with Crippen LogP contribution in [0.25, 0.3) is 0 Å². The van der Waals surface area contributed by atoms with Crippen molar-refractivity contribution < 1.29 is 86.2 Å². The Morgan fingerprint density at radius 1 is 0.402 bits per heavy atom. The first-order valence-electron chi connectivity index (χ1n) is 27.1. The summed E-state index contributed by atoms with van der Waals surface area (Å²) in [5, 5.41) is 18.8. The van der Waals surface area contributed by atoms with E-state index in [-0.39, 0.29) is 62.5 Å². The molecule has 18 heteroatoms. The maximum absolute atomic E-state index is 12.0. The number of carbonyl (C=O) groups excluding carboxylic acids is 3. The molecule has 0 amide bonds. The molecule has 3 unspecified atom stereocenters. The smallest absolute Gasteiger partial charge is 0.338 e. The van der Waals surface area contributed by atoms with E-state index < -0.39 is 6.29 Å². The molecule has 0 aliphatic rings. The summed E-state index contributed by atoms with van der Waals surface area (Å²) in [6, 6.07) is 39.2. The quantitative estimate of drug-likeness (QED) is 0.0254. The molecule has 6 aromatic carbocycles. The van der Waals surface area contributed by atoms with Crippen molar-refractivity contribution in [1.29, 1.82) is 0 Å². The van der Waals surface area contributed by atoms with Crippen molar-refractivity contribution in [1.82, 2.24) is 0 Å². The van der Waals surface area contributed by atoms with E-state index in [4.69, 9.17) is 66.7 Å². The zero-order valence-electron chi connectivity index (χ0n) is 49.1. The Balaban J connectivity index is 0.000000290. The standard InChI is InChI=1S/C20H24O5.C16H16O4.C15H22O5.C13H20O4/c1-4-23-15(2)25-19-12-8-11-18(22-3)17(19)13-14-24-20(21)16-9-6-5-7-10-16;1-19-15-9-5-8-14(17)13(15)10-11-20-16(18)12-6-3-2-4-7-12;1-5-18-11(3)20-14-9-7-8-13(17-4)12(14)10-15(16)19-6-2;1-4-16-10(2)17-13-7-5-6-12(15-3)11(13)8-9-14/h5-12,15H,4,13-14H2,1-3H3;2-9,17H,10-11H2,1H3;7-9,11H,5-6,10H2,1-4H3;5-7,10,14H,4,8-9H2,1-3H3. The molecule has 0 aliphatic heterocycles. The highest BCUT2D eigenvalue weighted by Gasteiger charge is 2.19. The highest BCUT2D eigenvalue weighted by atomic mass is 16.7. The van der Waals surface area contributed by atoms with E-state index in [1.54, 1.807) is 114 Å². The van der Waals surface area contributed by atoms with Gasteiger partial charge >= 0.3 is 17.9 Å². The third-order valence-corrected chi connectivity index (χ3v) is 11.5. The number of aromatic hydroxyl groups is 1. The lowest BCUT2D eigenvalue weighted by molar-refractivity contribution is -0.142. The first kappa shape index (κ1) is 68.2. The Bertz CT molecular complexity index is 2750. The molecule has 3 atom stereocenters. The van der Waals surface area contributed by atoms with Crippen LogP contribution < -0.4 is 33.2 Å². The predicted octanol–water partition coefficient (Wildman–Crippen LogP) is 11.2. The van der Waals surface area contributed by atoms with Crippen LogP contribution in [-0.2, 0) is 58.9 Å². The Morgan fingerprint density at radius 3 is 1.12 bits per heavy atom. The van der Waals surface area contributed by atoms with Gasteiger partial charge in [0.1, 0.15) is 46.0 Å². The van der Waals surface area contributed by atoms with Crippen LogP contribution in [0, 0.1) is 0 Å². The second-order valence-electron chi connectivity index (χ2n) is 17.2. The fraction of sp³-hybridized carbons (Fsp3) is 0.391. The number of benzene rings is 6. The van der Waals surface area contributed by atoms with Gasteiger partial charge in [-0.15, -0.1) is 0 Å². The van der Waals surface area contributed by atoms with E-state index in [9.17, 15) is 19.5 Å². The number of hydrogen-bond acceptors (Lipinski definition) is 18. The molecule has 0 heterocycles. The largest absolute Gasteiger partial charge is 0.508 e. The summed E-state index contributed by atoms with van der Waals surface area (Å²) in [6.45, 7) is 15.5. The van der Waals surface area contributed by atoms with E-state index in [1.165, 1.54) is 7.11 Å². The average molecular weight is 1140 g/mol. The molecule has 0 bridgehead atoms. The number of phenols is 1. The van der Waals surface area contributed by atoms with E-state index in [2.05, 4.69) is 0 Å². The molecular formula is C64H82O18. The van der Waals surface area contributed by atoms with Gasteiger partial charge in [-0.2, -0.15) is 0 Å². The van der Waals surface area contributed by atoms with Gasteiger partial charge in [-0.1, -0.05) is 60.7 Å². The molecule has 6 aromatic rings. The van der Waals surface area contributed by atoms with E-state index >= 15 is 0 Å². The highest BCUT2D eigenvalue weighted by molar-refractivity contribution is 5.89. The fourth-order valence-corrected chi connectivity index (χ4v) is 7.82. The average Bonchev–Trinajstić information content (AvgIpc) is 3.59. The van der Waals surface area contributed by atoms with Gasteiger partial charge in [0.2, 0.25) is 0 Å². The minimum Gasteiger partial charge on any atom is -0.508 e. The summed E-state index contributed by atoms with van der Waals surface area (Å²) in [7, 11) is 6.30. The first-order chi connectivity index (χ1) is 39.7. The van der Waals surface area contributed by atoms with E-state index in [0.29, 0.717) is 102 Å². The van der Waals surface area contributed by atoms with Crippen molar-refractivity contribution in [2.75, 3.05) is 74.7 Å². The monoisotopic (exact) mass is 1140 g/mol. The van der Waals surface area contributed by atoms with Crippen LogP contribution in [0.1, 0.15) is 91.4 Å². The Hall–Kier alpha value is -8.03. The second-order valence-corrected chi connectivity index (χ2v) is 17.2. The summed E-state index contributed by atoms with van der Waals surface area (Å²) in [6.07, 6.45) is 0.399. The predicted molar refractivity (Wildman–Crippen MR) is 311 cm³/mol. The van der Waals surface area contributed by atoms with E-state index in [1.807, 2.05) is 89.2 Å². The minimum atomic E-state index is -0.395. The Kier molecular flexibility index (Phi) is 32.8. The first-order valence-corrected chi connectivity index (χ1v) is 27.1. The van der Waals surface area contributed by atoms with Gasteiger partial charge in [-0.25, -0.2) is 9.59 Å². The Morgan fingerprint density at radius 2 is 0.744 bits per heavy atom. The molecule has 0 saturated carbocycles. The normalized spacial score (nSPS) is 11.4. The third-order valence-electron chi connectivity index (χ3n) is 11.5. The molecule has 0 fully saturated rings. The molecular weight excluding hydrogens is 1060 g/mol. The lowest BCUT2D eigenvalue weighted by Crippen LogP contribution is -2.18. The van der Waals surface area contributed by atoms with Gasteiger partial charge in [-0.3, -0.25) is 4.79 Å². The highest BCUT2D eigenvalue weighted by Crippen LogP contribution is 2.33. The van der Waals surface area contributed by atoms with Crippen molar-refractivity contribution in [3.05, 3.63) is 167 Å². The van der Waals surface area contributed by atoms with Crippen molar-refractivity contribution >= 4 is 17.9 Å². The third kappa shape index (κ3) is 24.0. The zero-order valence-corrected chi connectivity index (χ0v) is 49.1. The topological polar surface area (TPSA) is 212 Å². The van der Waals surface area contributed by atoms with Crippen molar-refractivity contribution in [2.24, 2.45) is 0 Å². The van der Waals surface area contributed by atoms with Crippen molar-refractivity contribution in [3.63, 3.8) is 0 Å². The van der Waals surface area contributed by atoms with Gasteiger partial charge in [0.05, 0.1) is 65.8 Å². The fourth-order valence-electron chi connectivity index (χ4n) is 7.82. The number of aliphatic hydroxyl groups is 1. The van der Waals surface area contributed by atoms with Crippen molar-refractivity contribution in [3.8, 4) is 46.0 Å². The van der Waals surface area contributed by atoms with Gasteiger partial charge in [0.15, 0.2) is 18.9 Å². The Labute approximate surface area is 483 Å². The van der Waals surface area contributed by atoms with Gasteiger partial charge in [-0.05, 0) is 121 Å². The summed E-state index contributed by atoms with van der Waals surface area (Å²) < 4.78 is 69.9. The van der Waals surface area contributed by atoms with Crippen LogP contribution >= 0.6 is 0 Å². The molecule has 82 heavy (non-hydrogen) atoms. The number of phenolic OH excluding ortho intramolecular Hbond substituents is 1. The van der Waals surface area contributed by atoms with Gasteiger partial charge < -0.3 is 71.8 Å². The van der Waals surface area contributed by atoms with Crippen LogP contribution in [0.3, 0.4) is 0 Å². The van der Waals surface area contributed by atoms with Crippen LogP contribution in [-0.4, -0.2) is 122 Å². The van der Waals surface area contributed by atoms with Gasteiger partial charge in [0, 0.05) is 67.9 Å². The molecule has 0 aliphatic carbocycles. The minimum absolute atomic E-state index is 0.0553. The number of carbonyl (C=O) groups is 3. The molecule has 0 spiro atoms. The summed E-state index contributed by atoms with van der Waals surface area (Å²) in [5.74, 6) is 3.62. The molecule has 0 aromatic heterocycles. The maximum atomic E-state index is 12.0. The summed E-state index contributed by atoms with van der Waals surface area (Å²) in [5.41, 5.74) is 4.05. The number of esters is 3. The maximum Gasteiger partial charge on any atom is 0.338 e. The van der Waals surface area contributed by atoms with Crippen LogP contribution in [0.4, 0.5) is 0 Å². The lowest BCUT2D eigenvalue weighted by atomic mass is 10.1.